The van der Waals surface area contributed by atoms with Crippen LogP contribution in [0.2, 0.25) is 4.34 Å². The highest BCUT2D eigenvalue weighted by atomic mass is 35.5. The number of hydrogen-bond acceptors (Lipinski definition) is 7. The first kappa shape index (κ1) is 32.9. The summed E-state index contributed by atoms with van der Waals surface area (Å²) in [6.45, 7) is 2.03. The van der Waals surface area contributed by atoms with Gasteiger partial charge in [-0.1, -0.05) is 48.0 Å². The van der Waals surface area contributed by atoms with Crippen LogP contribution in [0.3, 0.4) is 0 Å². The minimum absolute atomic E-state index is 0.000235. The molecule has 2 aromatic heterocycles. The second-order valence-electron chi connectivity index (χ2n) is 10.9. The van der Waals surface area contributed by atoms with Crippen molar-refractivity contribution in [3.8, 4) is 11.3 Å². The number of rotatable bonds is 8. The Bertz CT molecular complexity index is 1910. The van der Waals surface area contributed by atoms with Gasteiger partial charge in [0, 0.05) is 44.8 Å². The van der Waals surface area contributed by atoms with E-state index in [1.807, 2.05) is 9.80 Å². The number of benzene rings is 2. The quantitative estimate of drug-likeness (QED) is 0.174. The SMILES string of the molecule is O=C(NCc1cc(-c2ccc(C(F)(F)F)cc2)nc(N2CCN(c3ccccc3F)CC2)c1)[C@@H]1C=CCN1S(=O)(=O)c1ccc(Cl)s1. The van der Waals surface area contributed by atoms with Crippen LogP contribution >= 0.6 is 22.9 Å². The van der Waals surface area contributed by atoms with Crippen LogP contribution in [-0.2, 0) is 27.5 Å². The lowest BCUT2D eigenvalue weighted by Crippen LogP contribution is -2.47. The summed E-state index contributed by atoms with van der Waals surface area (Å²) in [5.74, 6) is -0.318. The van der Waals surface area contributed by atoms with Crippen molar-refractivity contribution in [3.05, 3.63) is 106 Å². The zero-order valence-corrected chi connectivity index (χ0v) is 27.0. The Morgan fingerprint density at radius 3 is 2.34 bits per heavy atom. The van der Waals surface area contributed by atoms with Gasteiger partial charge in [0.2, 0.25) is 5.91 Å². The number of sulfonamides is 1. The van der Waals surface area contributed by atoms with Crippen molar-refractivity contribution in [1.82, 2.24) is 14.6 Å². The van der Waals surface area contributed by atoms with Gasteiger partial charge in [-0.05, 0) is 54.1 Å². The lowest BCUT2D eigenvalue weighted by Gasteiger charge is -2.37. The molecule has 2 aliphatic rings. The zero-order chi connectivity index (χ0) is 33.3. The molecular weight excluding hydrogens is 678 g/mol. The number of pyridine rings is 1. The molecule has 0 bridgehead atoms. The van der Waals surface area contributed by atoms with Crippen molar-refractivity contribution in [2.75, 3.05) is 42.5 Å². The van der Waals surface area contributed by atoms with E-state index in [9.17, 15) is 30.8 Å². The molecule has 0 spiro atoms. The normalized spacial score (nSPS) is 17.3. The maximum atomic E-state index is 14.4. The minimum Gasteiger partial charge on any atom is -0.366 e. The number of nitrogens with zero attached hydrogens (tertiary/aromatic N) is 4. The molecule has 1 fully saturated rings. The van der Waals surface area contributed by atoms with Gasteiger partial charge in [-0.3, -0.25) is 4.79 Å². The summed E-state index contributed by atoms with van der Waals surface area (Å²) >= 11 is 6.85. The third-order valence-corrected chi connectivity index (χ3v) is 11.5. The highest BCUT2D eigenvalue weighted by Gasteiger charge is 2.37. The molecule has 1 atom stereocenters. The third-order valence-electron chi connectivity index (χ3n) is 7.94. The van der Waals surface area contributed by atoms with E-state index >= 15 is 0 Å². The molecule has 246 valence electrons. The van der Waals surface area contributed by atoms with Crippen LogP contribution in [0.15, 0.2) is 89.2 Å². The van der Waals surface area contributed by atoms with Crippen LogP contribution in [0, 0.1) is 5.82 Å². The number of anilines is 2. The number of aromatic nitrogens is 1. The molecular formula is C32H28ClF4N5O3S2. The average molecular weight is 706 g/mol. The molecule has 0 aliphatic carbocycles. The van der Waals surface area contributed by atoms with E-state index < -0.39 is 33.7 Å². The number of amides is 1. The molecule has 8 nitrogen and oxygen atoms in total. The Kier molecular flexibility index (Phi) is 9.29. The minimum atomic E-state index is -4.49. The highest BCUT2D eigenvalue weighted by Crippen LogP contribution is 2.33. The number of carbonyl (C=O) groups excluding carboxylic acids is 1. The first-order valence-corrected chi connectivity index (χ1v) is 17.2. The Hall–Kier alpha value is -3.98. The van der Waals surface area contributed by atoms with Crippen LogP contribution in [0.5, 0.6) is 0 Å². The molecule has 4 heterocycles. The standard InChI is InChI=1S/C32H28ClF4N5O3S2/c33-28-11-12-30(46-28)47(44,45)42-13-3-6-27(42)31(43)38-20-21-18-25(22-7-9-23(10-8-22)32(35,36)37)39-29(19-21)41-16-14-40(15-17-41)26-5-2-1-4-24(26)34/h1-12,18-19,27H,13-17,20H2,(H,38,43)/t27-/m0/s1. The largest absolute Gasteiger partial charge is 0.416 e. The first-order chi connectivity index (χ1) is 22.4. The summed E-state index contributed by atoms with van der Waals surface area (Å²) in [7, 11) is -3.98. The van der Waals surface area contributed by atoms with E-state index in [4.69, 9.17) is 16.6 Å². The van der Waals surface area contributed by atoms with Crippen molar-refractivity contribution in [2.45, 2.75) is 23.0 Å². The Morgan fingerprint density at radius 1 is 0.979 bits per heavy atom. The molecule has 1 saturated heterocycles. The summed E-state index contributed by atoms with van der Waals surface area (Å²) in [5, 5.41) is 2.81. The maximum absolute atomic E-state index is 14.4. The molecule has 1 amide bonds. The number of hydrogen-bond donors (Lipinski definition) is 1. The van der Waals surface area contributed by atoms with E-state index in [1.165, 1.54) is 36.4 Å². The van der Waals surface area contributed by atoms with E-state index in [2.05, 4.69) is 5.32 Å². The molecule has 0 radical (unpaired) electrons. The van der Waals surface area contributed by atoms with E-state index in [1.54, 1.807) is 36.4 Å². The number of para-hydroxylation sites is 1. The smallest absolute Gasteiger partial charge is 0.366 e. The first-order valence-electron chi connectivity index (χ1n) is 14.5. The molecule has 2 aliphatic heterocycles. The number of piperazine rings is 1. The Balaban J connectivity index is 1.23. The number of alkyl halides is 3. The predicted molar refractivity (Wildman–Crippen MR) is 173 cm³/mol. The molecule has 1 N–H and O–H groups in total. The lowest BCUT2D eigenvalue weighted by molar-refractivity contribution is -0.137. The van der Waals surface area contributed by atoms with Gasteiger partial charge in [-0.15, -0.1) is 11.3 Å². The Morgan fingerprint density at radius 2 is 1.68 bits per heavy atom. The van der Waals surface area contributed by atoms with Crippen LogP contribution in [-0.4, -0.2) is 62.4 Å². The highest BCUT2D eigenvalue weighted by molar-refractivity contribution is 7.91. The maximum Gasteiger partial charge on any atom is 0.416 e. The number of thiophene rings is 1. The van der Waals surface area contributed by atoms with Gasteiger partial charge in [0.05, 0.1) is 21.3 Å². The Labute approximate surface area is 277 Å². The molecule has 0 unspecified atom stereocenters. The van der Waals surface area contributed by atoms with Crippen LogP contribution in [0.25, 0.3) is 11.3 Å². The van der Waals surface area contributed by atoms with Crippen LogP contribution in [0.4, 0.5) is 29.1 Å². The number of nitrogens with one attached hydrogen (secondary N) is 1. The monoisotopic (exact) mass is 705 g/mol. The molecule has 2 aromatic carbocycles. The van der Waals surface area contributed by atoms with E-state index in [-0.39, 0.29) is 23.1 Å². The number of halogens is 5. The van der Waals surface area contributed by atoms with Gasteiger partial charge < -0.3 is 15.1 Å². The van der Waals surface area contributed by atoms with Crippen LogP contribution in [0.1, 0.15) is 11.1 Å². The van der Waals surface area contributed by atoms with Gasteiger partial charge in [-0.25, -0.2) is 17.8 Å². The molecule has 15 heteroatoms. The van der Waals surface area contributed by atoms with E-state index in [0.29, 0.717) is 58.8 Å². The molecule has 0 saturated carbocycles. The van der Waals surface area contributed by atoms with Crippen molar-refractivity contribution in [3.63, 3.8) is 0 Å². The summed E-state index contributed by atoms with van der Waals surface area (Å²) in [6.07, 6.45) is -1.37. The molecule has 4 aromatic rings. The summed E-state index contributed by atoms with van der Waals surface area (Å²) in [4.78, 5) is 22.0. The fraction of sp³-hybridized carbons (Fsp3) is 0.250. The van der Waals surface area contributed by atoms with Crippen molar-refractivity contribution < 1.29 is 30.8 Å². The van der Waals surface area contributed by atoms with Gasteiger partial charge in [0.15, 0.2) is 0 Å². The van der Waals surface area contributed by atoms with Crippen LogP contribution < -0.4 is 15.1 Å². The zero-order valence-electron chi connectivity index (χ0n) is 24.6. The number of carbonyl (C=O) groups is 1. The fourth-order valence-corrected chi connectivity index (χ4v) is 8.62. The predicted octanol–water partition coefficient (Wildman–Crippen LogP) is 6.19. The summed E-state index contributed by atoms with van der Waals surface area (Å²) in [5.41, 5.74) is 1.17. The second-order valence-corrected chi connectivity index (χ2v) is 14.8. The fourth-order valence-electron chi connectivity index (χ4n) is 5.51. The molecule has 47 heavy (non-hydrogen) atoms. The van der Waals surface area contributed by atoms with Crippen molar-refractivity contribution in [2.24, 2.45) is 0 Å². The van der Waals surface area contributed by atoms with Gasteiger partial charge in [0.1, 0.15) is 21.9 Å². The summed E-state index contributed by atoms with van der Waals surface area (Å²) < 4.78 is 82.0. The second kappa shape index (κ2) is 13.3. The lowest BCUT2D eigenvalue weighted by atomic mass is 10.1. The van der Waals surface area contributed by atoms with E-state index in [0.717, 1.165) is 27.8 Å². The van der Waals surface area contributed by atoms with Gasteiger partial charge in [-0.2, -0.15) is 17.5 Å². The van der Waals surface area contributed by atoms with Crippen molar-refractivity contribution >= 4 is 50.4 Å². The topological polar surface area (TPSA) is 85.8 Å². The third kappa shape index (κ3) is 7.15. The molecule has 6 rings (SSSR count). The average Bonchev–Trinajstić information content (AvgIpc) is 3.74. The summed E-state index contributed by atoms with van der Waals surface area (Å²) in [6, 6.07) is 16.4. The van der Waals surface area contributed by atoms with Gasteiger partial charge in [0.25, 0.3) is 10.0 Å². The van der Waals surface area contributed by atoms with Gasteiger partial charge >= 0.3 is 6.18 Å². The van der Waals surface area contributed by atoms with Crippen molar-refractivity contribution in [1.29, 1.82) is 0 Å².